The molecule has 2 N–H and O–H groups in total. The molecule has 0 radical (unpaired) electrons. The second-order valence-corrected chi connectivity index (χ2v) is 7.15. The predicted octanol–water partition coefficient (Wildman–Crippen LogP) is 4.03. The van der Waals surface area contributed by atoms with E-state index < -0.39 is 23.5 Å². The molecule has 0 bridgehead atoms. The molecule has 32 heavy (non-hydrogen) atoms. The summed E-state index contributed by atoms with van der Waals surface area (Å²) >= 11 is 0. The number of carbonyl (C=O) groups excluding carboxylic acids is 3. The normalized spacial score (nSPS) is 15.8. The highest BCUT2D eigenvalue weighted by atomic mass is 16.5. The zero-order valence-electron chi connectivity index (χ0n) is 17.4. The Morgan fingerprint density at radius 3 is 2.47 bits per heavy atom. The maximum Gasteiger partial charge on any atom is 0.294 e. The van der Waals surface area contributed by atoms with E-state index in [2.05, 4.69) is 5.32 Å². The van der Waals surface area contributed by atoms with Crippen molar-refractivity contribution in [3.05, 3.63) is 89.6 Å². The van der Waals surface area contributed by atoms with Gasteiger partial charge in [0.1, 0.15) is 5.75 Å². The fourth-order valence-corrected chi connectivity index (χ4v) is 3.68. The number of rotatable bonds is 6. The summed E-state index contributed by atoms with van der Waals surface area (Å²) in [5, 5.41) is 13.4. The third-order valence-corrected chi connectivity index (χ3v) is 5.07. The number of nitrogens with one attached hydrogen (secondary N) is 1. The highest BCUT2D eigenvalue weighted by molar-refractivity contribution is 6.20. The number of benzene rings is 2. The molecule has 0 saturated carbocycles. The molecule has 0 aliphatic carbocycles. The van der Waals surface area contributed by atoms with Crippen LogP contribution in [0.3, 0.4) is 0 Å². The SMILES string of the molecule is COc1cccc(C2C(C(=O)c3ccco3)=C(O)C(=O)N2c2ccc(NC(C)=O)cc2)c1. The predicted molar refractivity (Wildman–Crippen MR) is 117 cm³/mol. The molecule has 3 aromatic rings. The van der Waals surface area contributed by atoms with Crippen molar-refractivity contribution in [2.45, 2.75) is 13.0 Å². The van der Waals surface area contributed by atoms with Gasteiger partial charge < -0.3 is 19.6 Å². The van der Waals surface area contributed by atoms with Crippen LogP contribution in [0.5, 0.6) is 5.75 Å². The number of nitrogens with zero attached hydrogens (tertiary/aromatic N) is 1. The first kappa shape index (κ1) is 20.9. The topological polar surface area (TPSA) is 109 Å². The first-order valence-electron chi connectivity index (χ1n) is 9.77. The van der Waals surface area contributed by atoms with Gasteiger partial charge in [-0.25, -0.2) is 0 Å². The smallest absolute Gasteiger partial charge is 0.294 e. The van der Waals surface area contributed by atoms with Crippen LogP contribution in [0, 0.1) is 0 Å². The van der Waals surface area contributed by atoms with Crippen molar-refractivity contribution in [2.24, 2.45) is 0 Å². The van der Waals surface area contributed by atoms with Crippen molar-refractivity contribution in [1.29, 1.82) is 0 Å². The van der Waals surface area contributed by atoms with Gasteiger partial charge in [0.2, 0.25) is 11.7 Å². The zero-order chi connectivity index (χ0) is 22.8. The number of ketones is 1. The molecule has 162 valence electrons. The summed E-state index contributed by atoms with van der Waals surface area (Å²) in [6, 6.07) is 15.6. The molecule has 1 aromatic heterocycles. The largest absolute Gasteiger partial charge is 0.503 e. The Morgan fingerprint density at radius 1 is 1.09 bits per heavy atom. The van der Waals surface area contributed by atoms with Crippen molar-refractivity contribution >= 4 is 29.0 Å². The number of furan rings is 1. The van der Waals surface area contributed by atoms with Gasteiger partial charge in [-0.05, 0) is 54.1 Å². The molecule has 2 amide bonds. The van der Waals surface area contributed by atoms with E-state index in [-0.39, 0.29) is 17.2 Å². The van der Waals surface area contributed by atoms with Gasteiger partial charge in [0.15, 0.2) is 11.5 Å². The number of ether oxygens (including phenoxy) is 1. The fraction of sp³-hybridized carbons (Fsp3) is 0.125. The first-order valence-corrected chi connectivity index (χ1v) is 9.77. The summed E-state index contributed by atoms with van der Waals surface area (Å²) in [5.41, 5.74) is 1.47. The average molecular weight is 432 g/mol. The van der Waals surface area contributed by atoms with Gasteiger partial charge in [0.25, 0.3) is 5.91 Å². The molecule has 2 heterocycles. The second-order valence-electron chi connectivity index (χ2n) is 7.15. The van der Waals surface area contributed by atoms with Gasteiger partial charge in [-0.2, -0.15) is 0 Å². The lowest BCUT2D eigenvalue weighted by Crippen LogP contribution is -2.31. The van der Waals surface area contributed by atoms with Crippen LogP contribution in [0.1, 0.15) is 29.1 Å². The number of aliphatic hydroxyl groups is 1. The summed E-state index contributed by atoms with van der Waals surface area (Å²) < 4.78 is 10.5. The zero-order valence-corrected chi connectivity index (χ0v) is 17.4. The highest BCUT2D eigenvalue weighted by Crippen LogP contribution is 2.42. The second kappa shape index (κ2) is 8.43. The van der Waals surface area contributed by atoms with Crippen molar-refractivity contribution in [2.75, 3.05) is 17.3 Å². The Kier molecular flexibility index (Phi) is 5.51. The van der Waals surface area contributed by atoms with E-state index in [1.807, 2.05) is 0 Å². The van der Waals surface area contributed by atoms with Crippen molar-refractivity contribution in [3.8, 4) is 5.75 Å². The molecule has 8 heteroatoms. The van der Waals surface area contributed by atoms with Crippen molar-refractivity contribution in [1.82, 2.24) is 0 Å². The minimum Gasteiger partial charge on any atom is -0.503 e. The Hall–Kier alpha value is -4.33. The number of carbonyl (C=O) groups is 3. The summed E-state index contributed by atoms with van der Waals surface area (Å²) in [6.07, 6.45) is 1.35. The van der Waals surface area contributed by atoms with E-state index in [1.54, 1.807) is 54.6 Å². The quantitative estimate of drug-likeness (QED) is 0.569. The Labute approximate surface area is 183 Å². The number of Topliss-reactive ketones (excluding diaryl/α,β-unsaturated/α-hetero) is 1. The molecular formula is C24H20N2O6. The molecule has 1 aliphatic heterocycles. The molecule has 0 spiro atoms. The van der Waals surface area contributed by atoms with Gasteiger partial charge in [-0.15, -0.1) is 0 Å². The van der Waals surface area contributed by atoms with Crippen LogP contribution in [0.4, 0.5) is 11.4 Å². The summed E-state index contributed by atoms with van der Waals surface area (Å²) in [6.45, 7) is 1.39. The van der Waals surface area contributed by atoms with Gasteiger partial charge in [-0.1, -0.05) is 12.1 Å². The van der Waals surface area contributed by atoms with Gasteiger partial charge in [0, 0.05) is 18.3 Å². The van der Waals surface area contributed by atoms with Crippen LogP contribution < -0.4 is 15.0 Å². The third-order valence-electron chi connectivity index (χ3n) is 5.07. The van der Waals surface area contributed by atoms with Gasteiger partial charge >= 0.3 is 0 Å². The van der Waals surface area contributed by atoms with Crippen LogP contribution in [0.15, 0.2) is 82.7 Å². The van der Waals surface area contributed by atoms with Crippen LogP contribution in [-0.4, -0.2) is 29.8 Å². The monoisotopic (exact) mass is 432 g/mol. The van der Waals surface area contributed by atoms with Gasteiger partial charge in [0.05, 0.1) is 25.0 Å². The number of methoxy groups -OCH3 is 1. The van der Waals surface area contributed by atoms with Crippen LogP contribution in [-0.2, 0) is 9.59 Å². The first-order chi connectivity index (χ1) is 15.4. The van der Waals surface area contributed by atoms with Crippen LogP contribution >= 0.6 is 0 Å². The molecule has 1 atom stereocenters. The molecule has 2 aromatic carbocycles. The van der Waals surface area contributed by atoms with Crippen LogP contribution in [0.25, 0.3) is 0 Å². The van der Waals surface area contributed by atoms with Crippen LogP contribution in [0.2, 0.25) is 0 Å². The molecular weight excluding hydrogens is 412 g/mol. The van der Waals surface area contributed by atoms with E-state index in [9.17, 15) is 19.5 Å². The third kappa shape index (κ3) is 3.74. The maximum atomic E-state index is 13.2. The van der Waals surface area contributed by atoms with E-state index in [4.69, 9.17) is 9.15 Å². The number of anilines is 2. The fourth-order valence-electron chi connectivity index (χ4n) is 3.68. The number of hydrogen-bond acceptors (Lipinski definition) is 6. The summed E-state index contributed by atoms with van der Waals surface area (Å²) in [7, 11) is 1.51. The average Bonchev–Trinajstić information content (AvgIpc) is 3.41. The van der Waals surface area contributed by atoms with E-state index >= 15 is 0 Å². The minimum absolute atomic E-state index is 0.00935. The highest BCUT2D eigenvalue weighted by Gasteiger charge is 2.45. The van der Waals surface area contributed by atoms with E-state index in [0.29, 0.717) is 22.7 Å². The molecule has 0 fully saturated rings. The lowest BCUT2D eigenvalue weighted by atomic mass is 9.94. The lowest BCUT2D eigenvalue weighted by molar-refractivity contribution is -0.117. The molecule has 1 unspecified atom stereocenters. The number of amides is 2. The number of hydrogen-bond donors (Lipinski definition) is 2. The summed E-state index contributed by atoms with van der Waals surface area (Å²) in [4.78, 5) is 38.9. The Morgan fingerprint density at radius 2 is 1.84 bits per heavy atom. The van der Waals surface area contributed by atoms with E-state index in [1.165, 1.54) is 31.3 Å². The molecule has 1 aliphatic rings. The lowest BCUT2D eigenvalue weighted by Gasteiger charge is -2.27. The van der Waals surface area contributed by atoms with Crippen molar-refractivity contribution < 1.29 is 28.6 Å². The Balaban J connectivity index is 1.82. The van der Waals surface area contributed by atoms with E-state index in [0.717, 1.165) is 0 Å². The molecule has 0 saturated heterocycles. The standard InChI is InChI=1S/C24H20N2O6/c1-14(27)25-16-8-10-17(11-9-16)26-21(15-5-3-6-18(13-15)31-2)20(23(29)24(26)30)22(28)19-7-4-12-32-19/h3-13,21,29H,1-2H3,(H,25,27). The maximum absolute atomic E-state index is 13.2. The minimum atomic E-state index is -0.915. The molecule has 4 rings (SSSR count). The summed E-state index contributed by atoms with van der Waals surface area (Å²) in [5.74, 6) is -1.65. The molecule has 8 nitrogen and oxygen atoms in total. The van der Waals surface area contributed by atoms with Crippen molar-refractivity contribution in [3.63, 3.8) is 0 Å². The van der Waals surface area contributed by atoms with Gasteiger partial charge in [-0.3, -0.25) is 19.3 Å². The number of aliphatic hydroxyl groups excluding tert-OH is 1. The Bertz CT molecular complexity index is 1210.